The SMILES string of the molecule is CNC(CS(=O)C(C)(C)C)c1cc(OC)ccc1OC. The Labute approximate surface area is 124 Å². The first-order chi connectivity index (χ1) is 9.33. The van der Waals surface area contributed by atoms with Gasteiger partial charge in [-0.2, -0.15) is 0 Å². The molecule has 5 heteroatoms. The lowest BCUT2D eigenvalue weighted by Gasteiger charge is -2.24. The molecular weight excluding hydrogens is 274 g/mol. The third-order valence-electron chi connectivity index (χ3n) is 3.16. The molecular formula is C15H25NO3S. The van der Waals surface area contributed by atoms with Crippen LogP contribution in [0.15, 0.2) is 18.2 Å². The van der Waals surface area contributed by atoms with Gasteiger partial charge in [0.15, 0.2) is 0 Å². The second kappa shape index (κ2) is 7.09. The zero-order valence-corrected chi connectivity index (χ0v) is 14.0. The Bertz CT molecular complexity index is 469. The molecule has 2 unspecified atom stereocenters. The van der Waals surface area contributed by atoms with Crippen LogP contribution in [0.4, 0.5) is 0 Å². The van der Waals surface area contributed by atoms with Crippen LogP contribution in [-0.2, 0) is 10.8 Å². The van der Waals surface area contributed by atoms with Crippen molar-refractivity contribution in [2.24, 2.45) is 0 Å². The van der Waals surface area contributed by atoms with Gasteiger partial charge in [0.05, 0.1) is 14.2 Å². The summed E-state index contributed by atoms with van der Waals surface area (Å²) in [5.74, 6) is 2.07. The molecule has 4 nitrogen and oxygen atoms in total. The van der Waals surface area contributed by atoms with Gasteiger partial charge in [0.1, 0.15) is 11.5 Å². The first-order valence-electron chi connectivity index (χ1n) is 6.61. The van der Waals surface area contributed by atoms with Crippen LogP contribution in [0, 0.1) is 0 Å². The summed E-state index contributed by atoms with van der Waals surface area (Å²) in [5.41, 5.74) is 0.965. The fourth-order valence-electron chi connectivity index (χ4n) is 1.84. The van der Waals surface area contributed by atoms with Crippen LogP contribution in [0.1, 0.15) is 32.4 Å². The van der Waals surface area contributed by atoms with Crippen molar-refractivity contribution >= 4 is 10.8 Å². The molecule has 2 atom stereocenters. The Morgan fingerprint density at radius 2 is 1.90 bits per heavy atom. The number of benzene rings is 1. The highest BCUT2D eigenvalue weighted by atomic mass is 32.2. The van der Waals surface area contributed by atoms with Crippen molar-refractivity contribution in [1.29, 1.82) is 0 Å². The summed E-state index contributed by atoms with van der Waals surface area (Å²) in [5, 5.41) is 3.22. The van der Waals surface area contributed by atoms with Crippen LogP contribution >= 0.6 is 0 Å². The number of methoxy groups -OCH3 is 2. The molecule has 0 aliphatic rings. The molecule has 0 fully saturated rings. The Morgan fingerprint density at radius 1 is 1.25 bits per heavy atom. The molecule has 1 N–H and O–H groups in total. The molecule has 114 valence electrons. The molecule has 1 aromatic rings. The van der Waals surface area contributed by atoms with Gasteiger partial charge in [-0.15, -0.1) is 0 Å². The second-order valence-electron chi connectivity index (χ2n) is 5.57. The first kappa shape index (κ1) is 17.0. The minimum Gasteiger partial charge on any atom is -0.497 e. The van der Waals surface area contributed by atoms with E-state index in [4.69, 9.17) is 9.47 Å². The van der Waals surface area contributed by atoms with Crippen LogP contribution < -0.4 is 14.8 Å². The summed E-state index contributed by atoms with van der Waals surface area (Å²) >= 11 is 0. The summed E-state index contributed by atoms with van der Waals surface area (Å²) in [6.45, 7) is 5.95. The van der Waals surface area contributed by atoms with Crippen molar-refractivity contribution in [3.8, 4) is 11.5 Å². The van der Waals surface area contributed by atoms with Crippen LogP contribution in [0.2, 0.25) is 0 Å². The van der Waals surface area contributed by atoms with Gasteiger partial charge < -0.3 is 14.8 Å². The van der Waals surface area contributed by atoms with Gasteiger partial charge in [0, 0.05) is 32.9 Å². The molecule has 0 heterocycles. The van der Waals surface area contributed by atoms with Crippen molar-refractivity contribution < 1.29 is 13.7 Å². The summed E-state index contributed by atoms with van der Waals surface area (Å²) < 4.78 is 22.8. The number of hydrogen-bond donors (Lipinski definition) is 1. The van der Waals surface area contributed by atoms with Gasteiger partial charge in [-0.05, 0) is 46.0 Å². The largest absolute Gasteiger partial charge is 0.497 e. The summed E-state index contributed by atoms with van der Waals surface area (Å²) in [7, 11) is 4.19. The van der Waals surface area contributed by atoms with E-state index in [0.717, 1.165) is 17.1 Å². The molecule has 1 aromatic carbocycles. The normalized spacial score (nSPS) is 14.7. The standard InChI is InChI=1S/C15H25NO3S/c1-15(2,3)20(17)10-13(16-4)12-9-11(18-5)7-8-14(12)19-6/h7-9,13,16H,10H2,1-6H3. The van der Waals surface area contributed by atoms with Crippen LogP contribution in [0.25, 0.3) is 0 Å². The third-order valence-corrected chi connectivity index (χ3v) is 5.16. The van der Waals surface area contributed by atoms with Gasteiger partial charge in [-0.1, -0.05) is 0 Å². The van der Waals surface area contributed by atoms with E-state index in [9.17, 15) is 4.21 Å². The van der Waals surface area contributed by atoms with E-state index in [0.29, 0.717) is 5.75 Å². The predicted octanol–water partition coefficient (Wildman–Crippen LogP) is 2.51. The van der Waals surface area contributed by atoms with E-state index >= 15 is 0 Å². The molecule has 0 saturated carbocycles. The zero-order chi connectivity index (χ0) is 15.3. The highest BCUT2D eigenvalue weighted by molar-refractivity contribution is 7.86. The van der Waals surface area contributed by atoms with Crippen LogP contribution in [-0.4, -0.2) is 36.0 Å². The Kier molecular flexibility index (Phi) is 6.02. The molecule has 0 aliphatic heterocycles. The maximum atomic E-state index is 12.4. The van der Waals surface area contributed by atoms with Crippen LogP contribution in [0.3, 0.4) is 0 Å². The highest BCUT2D eigenvalue weighted by Crippen LogP contribution is 2.30. The van der Waals surface area contributed by atoms with E-state index in [-0.39, 0.29) is 10.8 Å². The Hall–Kier alpha value is -1.07. The topological polar surface area (TPSA) is 47.6 Å². The lowest BCUT2D eigenvalue weighted by atomic mass is 10.1. The van der Waals surface area contributed by atoms with E-state index in [1.165, 1.54) is 0 Å². The Balaban J connectivity index is 3.08. The molecule has 20 heavy (non-hydrogen) atoms. The molecule has 0 bridgehead atoms. The second-order valence-corrected chi connectivity index (χ2v) is 7.82. The third kappa shape index (κ3) is 4.21. The molecule has 0 amide bonds. The zero-order valence-electron chi connectivity index (χ0n) is 13.1. The predicted molar refractivity (Wildman–Crippen MR) is 84.1 cm³/mol. The Morgan fingerprint density at radius 3 is 2.35 bits per heavy atom. The van der Waals surface area contributed by atoms with Crippen molar-refractivity contribution in [2.75, 3.05) is 27.0 Å². The van der Waals surface area contributed by atoms with Crippen molar-refractivity contribution in [3.05, 3.63) is 23.8 Å². The molecule has 1 rings (SSSR count). The number of hydrogen-bond acceptors (Lipinski definition) is 4. The van der Waals surface area contributed by atoms with Crippen molar-refractivity contribution in [2.45, 2.75) is 31.6 Å². The summed E-state index contributed by atoms with van der Waals surface area (Å²) in [6, 6.07) is 5.62. The fourth-order valence-corrected chi connectivity index (χ4v) is 2.99. The molecule has 0 radical (unpaired) electrons. The fraction of sp³-hybridized carbons (Fsp3) is 0.600. The number of nitrogens with one attached hydrogen (secondary N) is 1. The lowest BCUT2D eigenvalue weighted by molar-refractivity contribution is 0.393. The minimum atomic E-state index is -0.945. The van der Waals surface area contributed by atoms with Crippen molar-refractivity contribution in [3.63, 3.8) is 0 Å². The van der Waals surface area contributed by atoms with Crippen molar-refractivity contribution in [1.82, 2.24) is 5.32 Å². The minimum absolute atomic E-state index is 0.0416. The maximum absolute atomic E-state index is 12.4. The van der Waals surface area contributed by atoms with Gasteiger partial charge in [0.2, 0.25) is 0 Å². The van der Waals surface area contributed by atoms with Crippen LogP contribution in [0.5, 0.6) is 11.5 Å². The van der Waals surface area contributed by atoms with E-state index in [1.54, 1.807) is 14.2 Å². The monoisotopic (exact) mass is 299 g/mol. The molecule has 0 aromatic heterocycles. The maximum Gasteiger partial charge on any atom is 0.123 e. The highest BCUT2D eigenvalue weighted by Gasteiger charge is 2.25. The smallest absolute Gasteiger partial charge is 0.123 e. The first-order valence-corrected chi connectivity index (χ1v) is 7.93. The average Bonchev–Trinajstić information content (AvgIpc) is 2.42. The summed E-state index contributed by atoms with van der Waals surface area (Å²) in [4.78, 5) is 0. The molecule has 0 aliphatic carbocycles. The van der Waals surface area contributed by atoms with E-state index in [2.05, 4.69) is 5.32 Å². The van der Waals surface area contributed by atoms with E-state index < -0.39 is 10.8 Å². The van der Waals surface area contributed by atoms with E-state index in [1.807, 2.05) is 46.0 Å². The van der Waals surface area contributed by atoms with Gasteiger partial charge >= 0.3 is 0 Å². The lowest BCUT2D eigenvalue weighted by Crippen LogP contribution is -2.31. The molecule has 0 saturated heterocycles. The van der Waals surface area contributed by atoms with Gasteiger partial charge in [-0.25, -0.2) is 0 Å². The molecule has 0 spiro atoms. The average molecular weight is 299 g/mol. The summed E-state index contributed by atoms with van der Waals surface area (Å²) in [6.07, 6.45) is 0. The number of rotatable bonds is 6. The quantitative estimate of drug-likeness (QED) is 0.877. The van der Waals surface area contributed by atoms with Gasteiger partial charge in [0.25, 0.3) is 0 Å². The number of ether oxygens (including phenoxy) is 2. The van der Waals surface area contributed by atoms with Gasteiger partial charge in [-0.3, -0.25) is 4.21 Å².